The summed E-state index contributed by atoms with van der Waals surface area (Å²) in [7, 11) is 0. The molecule has 2 N–H and O–H groups in total. The third-order valence-corrected chi connectivity index (χ3v) is 7.42. The number of nitrogens with one attached hydrogen (secondary N) is 1. The molecule has 0 bridgehead atoms. The van der Waals surface area contributed by atoms with E-state index in [0.717, 1.165) is 47.5 Å². The molecule has 0 heterocycles. The van der Waals surface area contributed by atoms with Crippen molar-refractivity contribution in [2.24, 2.45) is 0 Å². The van der Waals surface area contributed by atoms with Crippen molar-refractivity contribution in [3.63, 3.8) is 0 Å². The van der Waals surface area contributed by atoms with Crippen LogP contribution in [-0.2, 0) is 4.79 Å². The summed E-state index contributed by atoms with van der Waals surface area (Å²) in [5.41, 5.74) is 1.46. The Balaban J connectivity index is 1.81. The van der Waals surface area contributed by atoms with Gasteiger partial charge in [-0.25, -0.2) is 4.79 Å². The van der Waals surface area contributed by atoms with E-state index in [9.17, 15) is 24.8 Å². The van der Waals surface area contributed by atoms with Gasteiger partial charge in [-0.3, -0.25) is 19.8 Å². The van der Waals surface area contributed by atoms with E-state index in [1.807, 2.05) is 55.5 Å². The standard InChI is InChI=1S/C30H35N3O5S/c1-3-5-6-7-10-20-32(30(36)31-27-14-8-9-15-28(27)33(37)38)23-12-11-13-25(21-23)39-24-18-16-22(17-19-24)26(4-2)29(34)35/h8-9,11-19,21,26H,3-7,10,20H2,1-2H3,(H,31,36)(H,34,35). The van der Waals surface area contributed by atoms with Gasteiger partial charge in [0.15, 0.2) is 0 Å². The Morgan fingerprint density at radius 3 is 2.33 bits per heavy atom. The molecule has 0 saturated heterocycles. The number of rotatable bonds is 14. The van der Waals surface area contributed by atoms with Crippen molar-refractivity contribution < 1.29 is 19.6 Å². The minimum Gasteiger partial charge on any atom is -0.481 e. The number of carbonyl (C=O) groups excluding carboxylic acids is 1. The van der Waals surface area contributed by atoms with Crippen LogP contribution >= 0.6 is 11.8 Å². The van der Waals surface area contributed by atoms with E-state index in [1.165, 1.54) is 23.9 Å². The maximum Gasteiger partial charge on any atom is 0.326 e. The van der Waals surface area contributed by atoms with E-state index in [2.05, 4.69) is 12.2 Å². The SMILES string of the molecule is CCCCCCCN(C(=O)Nc1ccccc1[N+](=O)[O-])c1cccc(Sc2ccc(C(CC)C(=O)O)cc2)c1. The number of urea groups is 1. The molecule has 0 aliphatic rings. The fourth-order valence-electron chi connectivity index (χ4n) is 4.31. The van der Waals surface area contributed by atoms with Gasteiger partial charge in [-0.15, -0.1) is 0 Å². The highest BCUT2D eigenvalue weighted by atomic mass is 32.2. The van der Waals surface area contributed by atoms with Crippen LogP contribution in [0.25, 0.3) is 0 Å². The molecule has 0 saturated carbocycles. The lowest BCUT2D eigenvalue weighted by atomic mass is 9.97. The maximum absolute atomic E-state index is 13.4. The Bertz CT molecular complexity index is 1270. The van der Waals surface area contributed by atoms with Crippen molar-refractivity contribution in [3.8, 4) is 0 Å². The summed E-state index contributed by atoms with van der Waals surface area (Å²) < 4.78 is 0. The number of hydrogen-bond acceptors (Lipinski definition) is 5. The van der Waals surface area contributed by atoms with Crippen molar-refractivity contribution in [3.05, 3.63) is 88.5 Å². The lowest BCUT2D eigenvalue weighted by Crippen LogP contribution is -2.36. The monoisotopic (exact) mass is 549 g/mol. The second-order valence-corrected chi connectivity index (χ2v) is 10.4. The number of nitro groups is 1. The van der Waals surface area contributed by atoms with Crippen LogP contribution in [0.2, 0.25) is 0 Å². The Kier molecular flexibility index (Phi) is 11.4. The molecule has 8 nitrogen and oxygen atoms in total. The van der Waals surface area contributed by atoms with Crippen molar-refractivity contribution in [2.75, 3.05) is 16.8 Å². The van der Waals surface area contributed by atoms with Crippen molar-refractivity contribution in [2.45, 2.75) is 68.1 Å². The average molecular weight is 550 g/mol. The predicted molar refractivity (Wildman–Crippen MR) is 156 cm³/mol. The second-order valence-electron chi connectivity index (χ2n) is 9.24. The van der Waals surface area contributed by atoms with E-state index >= 15 is 0 Å². The molecule has 2 amide bonds. The van der Waals surface area contributed by atoms with Crippen LogP contribution in [0, 0.1) is 10.1 Å². The Morgan fingerprint density at radius 2 is 1.67 bits per heavy atom. The van der Waals surface area contributed by atoms with Crippen LogP contribution in [-0.4, -0.2) is 28.6 Å². The van der Waals surface area contributed by atoms with Gasteiger partial charge in [0.05, 0.1) is 10.8 Å². The molecule has 0 spiro atoms. The number of carboxylic acid groups (broad SMARTS) is 1. The third kappa shape index (κ3) is 8.58. The zero-order valence-corrected chi connectivity index (χ0v) is 23.2. The number of amides is 2. The summed E-state index contributed by atoms with van der Waals surface area (Å²) in [5, 5.41) is 23.6. The molecule has 3 aromatic rings. The summed E-state index contributed by atoms with van der Waals surface area (Å²) >= 11 is 1.52. The van der Waals surface area contributed by atoms with Crippen molar-refractivity contribution in [1.82, 2.24) is 0 Å². The molecule has 0 fully saturated rings. The topological polar surface area (TPSA) is 113 Å². The highest BCUT2D eigenvalue weighted by molar-refractivity contribution is 7.99. The number of benzene rings is 3. The zero-order valence-electron chi connectivity index (χ0n) is 22.3. The van der Waals surface area contributed by atoms with Gasteiger partial charge < -0.3 is 10.4 Å². The van der Waals surface area contributed by atoms with Gasteiger partial charge in [0.1, 0.15) is 5.69 Å². The van der Waals surface area contributed by atoms with Gasteiger partial charge in [-0.2, -0.15) is 0 Å². The summed E-state index contributed by atoms with van der Waals surface area (Å²) in [4.78, 5) is 39.3. The summed E-state index contributed by atoms with van der Waals surface area (Å²) in [6.07, 6.45) is 5.66. The van der Waals surface area contributed by atoms with Crippen LogP contribution < -0.4 is 10.2 Å². The number of para-hydroxylation sites is 2. The molecule has 1 atom stereocenters. The minimum absolute atomic E-state index is 0.154. The molecule has 3 aromatic carbocycles. The summed E-state index contributed by atoms with van der Waals surface area (Å²) in [6.45, 7) is 4.48. The first-order valence-electron chi connectivity index (χ1n) is 13.3. The Morgan fingerprint density at radius 1 is 0.949 bits per heavy atom. The van der Waals surface area contributed by atoms with Gasteiger partial charge in [0, 0.05) is 28.1 Å². The van der Waals surface area contributed by atoms with E-state index < -0.39 is 22.8 Å². The predicted octanol–water partition coefficient (Wildman–Crippen LogP) is 8.33. The molecule has 9 heteroatoms. The molecule has 39 heavy (non-hydrogen) atoms. The summed E-state index contributed by atoms with van der Waals surface area (Å²) in [6, 6.07) is 20.8. The van der Waals surface area contributed by atoms with E-state index in [0.29, 0.717) is 18.7 Å². The molecule has 1 unspecified atom stereocenters. The van der Waals surface area contributed by atoms with E-state index in [1.54, 1.807) is 17.0 Å². The molecule has 206 valence electrons. The number of hydrogen-bond donors (Lipinski definition) is 2. The van der Waals surface area contributed by atoms with Crippen molar-refractivity contribution >= 4 is 40.8 Å². The number of carbonyl (C=O) groups is 2. The first-order chi connectivity index (χ1) is 18.8. The number of unbranched alkanes of at least 4 members (excludes halogenated alkanes) is 4. The molecular formula is C30H35N3O5S. The summed E-state index contributed by atoms with van der Waals surface area (Å²) in [5.74, 6) is -1.36. The second kappa shape index (κ2) is 14.9. The van der Waals surface area contributed by atoms with Gasteiger partial charge in [0.25, 0.3) is 5.69 Å². The highest BCUT2D eigenvalue weighted by Gasteiger charge is 2.21. The zero-order chi connectivity index (χ0) is 28.2. The lowest BCUT2D eigenvalue weighted by Gasteiger charge is -2.24. The highest BCUT2D eigenvalue weighted by Crippen LogP contribution is 2.33. The first kappa shape index (κ1) is 29.7. The Hall–Kier alpha value is -3.85. The van der Waals surface area contributed by atoms with Gasteiger partial charge in [0.2, 0.25) is 0 Å². The molecular weight excluding hydrogens is 514 g/mol. The Labute approximate surface area is 233 Å². The van der Waals surface area contributed by atoms with Crippen molar-refractivity contribution in [1.29, 1.82) is 0 Å². The third-order valence-electron chi connectivity index (χ3n) is 6.43. The number of nitrogens with zero attached hydrogens (tertiary/aromatic N) is 2. The fourth-order valence-corrected chi connectivity index (χ4v) is 5.19. The molecule has 3 rings (SSSR count). The first-order valence-corrected chi connectivity index (χ1v) is 14.1. The normalized spacial score (nSPS) is 11.5. The quantitative estimate of drug-likeness (QED) is 0.119. The minimum atomic E-state index is -0.834. The molecule has 0 aliphatic carbocycles. The van der Waals surface area contributed by atoms with Crippen LogP contribution in [0.15, 0.2) is 82.6 Å². The smallest absolute Gasteiger partial charge is 0.326 e. The molecule has 0 radical (unpaired) electrons. The van der Waals surface area contributed by atoms with Gasteiger partial charge >= 0.3 is 12.0 Å². The molecule has 0 aliphatic heterocycles. The maximum atomic E-state index is 13.4. The van der Waals surface area contributed by atoms with E-state index in [4.69, 9.17) is 0 Å². The lowest BCUT2D eigenvalue weighted by molar-refractivity contribution is -0.383. The van der Waals surface area contributed by atoms with Gasteiger partial charge in [-0.1, -0.05) is 81.6 Å². The number of carboxylic acids is 1. The average Bonchev–Trinajstić information content (AvgIpc) is 2.92. The number of aliphatic carboxylic acids is 1. The van der Waals surface area contributed by atoms with E-state index in [-0.39, 0.29) is 11.4 Å². The van der Waals surface area contributed by atoms with Crippen LogP contribution in [0.4, 0.5) is 21.9 Å². The fraction of sp³-hybridized carbons (Fsp3) is 0.333. The van der Waals surface area contributed by atoms with Crippen LogP contribution in [0.1, 0.15) is 63.9 Å². The van der Waals surface area contributed by atoms with Gasteiger partial charge in [-0.05, 0) is 54.8 Å². The number of anilines is 2. The molecule has 0 aromatic heterocycles. The largest absolute Gasteiger partial charge is 0.481 e. The van der Waals surface area contributed by atoms with Crippen LogP contribution in [0.5, 0.6) is 0 Å². The number of nitro benzene ring substituents is 1. The van der Waals surface area contributed by atoms with Crippen LogP contribution in [0.3, 0.4) is 0 Å².